The highest BCUT2D eigenvalue weighted by Crippen LogP contribution is 2.25. The van der Waals surface area contributed by atoms with Crippen molar-refractivity contribution in [1.82, 2.24) is 5.32 Å². The first-order valence-electron chi connectivity index (χ1n) is 7.08. The predicted octanol–water partition coefficient (Wildman–Crippen LogP) is 2.96. The Kier molecular flexibility index (Phi) is 4.81. The molecule has 0 bridgehead atoms. The molecule has 0 radical (unpaired) electrons. The van der Waals surface area contributed by atoms with Crippen molar-refractivity contribution < 1.29 is 4.74 Å². The summed E-state index contributed by atoms with van der Waals surface area (Å²) >= 11 is 0. The van der Waals surface area contributed by atoms with Crippen molar-refractivity contribution in [2.75, 3.05) is 13.1 Å². The zero-order valence-electron chi connectivity index (χ0n) is 11.7. The van der Waals surface area contributed by atoms with Crippen LogP contribution in [0.2, 0.25) is 0 Å². The molecule has 3 nitrogen and oxygen atoms in total. The van der Waals surface area contributed by atoms with Gasteiger partial charge in [0.25, 0.3) is 0 Å². The fourth-order valence-electron chi connectivity index (χ4n) is 2.70. The van der Waals surface area contributed by atoms with Crippen molar-refractivity contribution in [2.24, 2.45) is 11.8 Å². The van der Waals surface area contributed by atoms with E-state index in [1.165, 1.54) is 12.8 Å². The second-order valence-corrected chi connectivity index (χ2v) is 5.57. The van der Waals surface area contributed by atoms with Crippen LogP contribution in [0.5, 0.6) is 5.75 Å². The fraction of sp³-hybridized carbons (Fsp3) is 0.562. The molecule has 1 aromatic carbocycles. The average Bonchev–Trinajstić information content (AvgIpc) is 2.46. The van der Waals surface area contributed by atoms with E-state index >= 15 is 0 Å². The molecule has 0 spiro atoms. The van der Waals surface area contributed by atoms with Crippen LogP contribution < -0.4 is 10.1 Å². The summed E-state index contributed by atoms with van der Waals surface area (Å²) in [4.78, 5) is 0. The lowest BCUT2D eigenvalue weighted by molar-refractivity contribution is 0.0750. The van der Waals surface area contributed by atoms with Crippen molar-refractivity contribution in [1.29, 1.82) is 5.26 Å². The minimum absolute atomic E-state index is 0.237. The van der Waals surface area contributed by atoms with Gasteiger partial charge in [0.1, 0.15) is 11.9 Å². The van der Waals surface area contributed by atoms with Gasteiger partial charge >= 0.3 is 0 Å². The molecule has 0 aliphatic carbocycles. The summed E-state index contributed by atoms with van der Waals surface area (Å²) in [6.07, 6.45) is 2.69. The number of rotatable bonds is 4. The summed E-state index contributed by atoms with van der Waals surface area (Å²) in [7, 11) is 0. The van der Waals surface area contributed by atoms with Crippen LogP contribution in [-0.2, 0) is 0 Å². The fourth-order valence-corrected chi connectivity index (χ4v) is 2.70. The van der Waals surface area contributed by atoms with E-state index in [2.05, 4.69) is 25.2 Å². The summed E-state index contributed by atoms with van der Waals surface area (Å²) in [6.45, 7) is 6.59. The van der Waals surface area contributed by atoms with Crippen molar-refractivity contribution in [2.45, 2.75) is 32.8 Å². The normalized spacial score (nSPS) is 20.8. The number of ether oxygens (including phenoxy) is 1. The van der Waals surface area contributed by atoms with Gasteiger partial charge in [-0.05, 0) is 49.6 Å². The van der Waals surface area contributed by atoms with Crippen molar-refractivity contribution in [3.05, 3.63) is 29.8 Å². The minimum Gasteiger partial charge on any atom is -0.490 e. The molecule has 1 heterocycles. The number of piperidine rings is 1. The van der Waals surface area contributed by atoms with E-state index in [0.717, 1.165) is 18.8 Å². The zero-order chi connectivity index (χ0) is 13.7. The molecule has 0 saturated carbocycles. The van der Waals surface area contributed by atoms with Gasteiger partial charge in [-0.15, -0.1) is 0 Å². The van der Waals surface area contributed by atoms with Crippen LogP contribution >= 0.6 is 0 Å². The molecular formula is C16H22N2O. The molecule has 1 N–H and O–H groups in total. The third-order valence-electron chi connectivity index (χ3n) is 3.71. The molecular weight excluding hydrogens is 236 g/mol. The van der Waals surface area contributed by atoms with E-state index in [9.17, 15) is 0 Å². The van der Waals surface area contributed by atoms with Gasteiger partial charge in [-0.25, -0.2) is 0 Å². The Balaban J connectivity index is 2.05. The van der Waals surface area contributed by atoms with Crippen molar-refractivity contribution >= 4 is 0 Å². The van der Waals surface area contributed by atoms with Gasteiger partial charge in [-0.3, -0.25) is 0 Å². The number of benzene rings is 1. The topological polar surface area (TPSA) is 45.0 Å². The molecule has 0 amide bonds. The lowest BCUT2D eigenvalue weighted by atomic mass is 9.87. The maximum absolute atomic E-state index is 8.80. The van der Waals surface area contributed by atoms with Crippen LogP contribution in [0.1, 0.15) is 32.3 Å². The highest BCUT2D eigenvalue weighted by Gasteiger charge is 2.27. The van der Waals surface area contributed by atoms with Crippen LogP contribution in [-0.4, -0.2) is 19.2 Å². The number of nitrogens with one attached hydrogen (secondary N) is 1. The summed E-state index contributed by atoms with van der Waals surface area (Å²) in [5.74, 6) is 1.92. The Hall–Kier alpha value is -1.53. The van der Waals surface area contributed by atoms with Crippen LogP contribution in [0.3, 0.4) is 0 Å². The Morgan fingerprint density at radius 1 is 1.32 bits per heavy atom. The van der Waals surface area contributed by atoms with Crippen LogP contribution in [0.4, 0.5) is 0 Å². The molecule has 102 valence electrons. The van der Waals surface area contributed by atoms with E-state index < -0.39 is 0 Å². The third kappa shape index (κ3) is 3.71. The van der Waals surface area contributed by atoms with Gasteiger partial charge in [0, 0.05) is 12.5 Å². The van der Waals surface area contributed by atoms with Gasteiger partial charge in [-0.2, -0.15) is 5.26 Å². The predicted molar refractivity (Wildman–Crippen MR) is 76.0 cm³/mol. The Labute approximate surface area is 115 Å². The molecule has 1 saturated heterocycles. The molecule has 1 aromatic rings. The smallest absolute Gasteiger partial charge is 0.119 e. The molecule has 2 atom stereocenters. The second-order valence-electron chi connectivity index (χ2n) is 5.57. The van der Waals surface area contributed by atoms with Gasteiger partial charge in [0.05, 0.1) is 11.6 Å². The first kappa shape index (κ1) is 13.9. The second kappa shape index (κ2) is 6.58. The monoisotopic (exact) mass is 258 g/mol. The zero-order valence-corrected chi connectivity index (χ0v) is 11.7. The lowest BCUT2D eigenvalue weighted by Gasteiger charge is -2.33. The SMILES string of the molecule is CC(C)C(Oc1ccc(C#N)cc1)C1CCCNC1. The molecule has 1 aliphatic heterocycles. The standard InChI is InChI=1S/C16H22N2O/c1-12(2)16(14-4-3-9-18-11-14)19-15-7-5-13(10-17)6-8-15/h5-8,12,14,16,18H,3-4,9,11H2,1-2H3. The maximum Gasteiger partial charge on any atom is 0.119 e. The Bertz CT molecular complexity index is 427. The molecule has 1 fully saturated rings. The lowest BCUT2D eigenvalue weighted by Crippen LogP contribution is -2.42. The quantitative estimate of drug-likeness (QED) is 0.903. The first-order valence-corrected chi connectivity index (χ1v) is 7.08. The first-order chi connectivity index (χ1) is 9.20. The molecule has 19 heavy (non-hydrogen) atoms. The van der Waals surface area contributed by atoms with E-state index in [0.29, 0.717) is 17.4 Å². The van der Waals surface area contributed by atoms with Gasteiger partial charge in [-0.1, -0.05) is 13.8 Å². The molecule has 3 heteroatoms. The van der Waals surface area contributed by atoms with Crippen LogP contribution in [0, 0.1) is 23.2 Å². The summed E-state index contributed by atoms with van der Waals surface area (Å²) < 4.78 is 6.17. The van der Waals surface area contributed by atoms with E-state index in [1.807, 2.05) is 24.3 Å². The van der Waals surface area contributed by atoms with E-state index in [-0.39, 0.29) is 6.10 Å². The molecule has 2 rings (SSSR count). The molecule has 0 aromatic heterocycles. The summed E-state index contributed by atoms with van der Waals surface area (Å²) in [5, 5.41) is 12.3. The average molecular weight is 258 g/mol. The van der Waals surface area contributed by atoms with Crippen LogP contribution in [0.25, 0.3) is 0 Å². The van der Waals surface area contributed by atoms with Gasteiger partial charge in [0.15, 0.2) is 0 Å². The van der Waals surface area contributed by atoms with Crippen molar-refractivity contribution in [3.8, 4) is 11.8 Å². The Morgan fingerprint density at radius 2 is 2.05 bits per heavy atom. The molecule has 2 unspecified atom stereocenters. The van der Waals surface area contributed by atoms with E-state index in [1.54, 1.807) is 0 Å². The van der Waals surface area contributed by atoms with Crippen LogP contribution in [0.15, 0.2) is 24.3 Å². The number of hydrogen-bond donors (Lipinski definition) is 1. The highest BCUT2D eigenvalue weighted by molar-refractivity contribution is 5.34. The summed E-state index contributed by atoms with van der Waals surface area (Å²) in [5.41, 5.74) is 0.674. The maximum atomic E-state index is 8.80. The highest BCUT2D eigenvalue weighted by atomic mass is 16.5. The largest absolute Gasteiger partial charge is 0.490 e. The van der Waals surface area contributed by atoms with Crippen molar-refractivity contribution in [3.63, 3.8) is 0 Å². The molecule has 1 aliphatic rings. The Morgan fingerprint density at radius 3 is 2.58 bits per heavy atom. The number of nitriles is 1. The number of hydrogen-bond acceptors (Lipinski definition) is 3. The van der Waals surface area contributed by atoms with Gasteiger partial charge in [0.2, 0.25) is 0 Å². The van der Waals surface area contributed by atoms with E-state index in [4.69, 9.17) is 10.00 Å². The summed E-state index contributed by atoms with van der Waals surface area (Å²) in [6, 6.07) is 9.54. The minimum atomic E-state index is 0.237. The van der Waals surface area contributed by atoms with Gasteiger partial charge < -0.3 is 10.1 Å². The third-order valence-corrected chi connectivity index (χ3v) is 3.71. The number of nitrogens with zero attached hydrogens (tertiary/aromatic N) is 1.